The minimum absolute atomic E-state index is 0.00608. The van der Waals surface area contributed by atoms with Gasteiger partial charge in [-0.1, -0.05) is 0 Å². The van der Waals surface area contributed by atoms with Crippen LogP contribution in [0.15, 0.2) is 48.8 Å². The minimum atomic E-state index is -4.96. The second kappa shape index (κ2) is 10.5. The van der Waals surface area contributed by atoms with E-state index in [0.717, 1.165) is 34.5 Å². The minimum Gasteiger partial charge on any atom is -0.481 e. The molecule has 240 valence electrons. The number of carbonyl (C=O) groups is 1. The normalized spacial score (nSPS) is 20.0. The summed E-state index contributed by atoms with van der Waals surface area (Å²) in [4.78, 5) is 17.4. The summed E-state index contributed by atoms with van der Waals surface area (Å²) in [7, 11) is 0. The van der Waals surface area contributed by atoms with Crippen molar-refractivity contribution in [2.45, 2.75) is 64.2 Å². The fourth-order valence-electron chi connectivity index (χ4n) is 6.81. The van der Waals surface area contributed by atoms with E-state index in [1.165, 1.54) is 18.3 Å². The molecule has 7 rings (SSSR count). The van der Waals surface area contributed by atoms with Crippen molar-refractivity contribution in [2.24, 2.45) is 11.8 Å². The molecule has 0 radical (unpaired) electrons. The smallest absolute Gasteiger partial charge is 0.417 e. The molecule has 46 heavy (non-hydrogen) atoms. The van der Waals surface area contributed by atoms with Crippen molar-refractivity contribution in [3.05, 3.63) is 93.9 Å². The number of carboxylic acid groups (broad SMARTS) is 1. The second-order valence-electron chi connectivity index (χ2n) is 12.9. The first-order chi connectivity index (χ1) is 21.7. The van der Waals surface area contributed by atoms with Crippen LogP contribution in [0.5, 0.6) is 5.88 Å². The van der Waals surface area contributed by atoms with E-state index in [0.29, 0.717) is 37.8 Å². The molecule has 3 aliphatic rings. The van der Waals surface area contributed by atoms with E-state index >= 15 is 4.39 Å². The SMILES string of the molecule is CC(C)(O)Cn1cc2c(n1)CN(c1ccc(-c3cc(COc4cc5c(cn4)[C@H]4[C@@H](C5)[C@@H]4C(=O)O)c(F)cc3C(F)(F)F)c(F)c1)C2. The van der Waals surface area contributed by atoms with Gasteiger partial charge in [-0.3, -0.25) is 9.48 Å². The Morgan fingerprint density at radius 2 is 1.83 bits per heavy atom. The number of pyridine rings is 1. The first-order valence-electron chi connectivity index (χ1n) is 14.7. The van der Waals surface area contributed by atoms with Gasteiger partial charge in [0.25, 0.3) is 0 Å². The van der Waals surface area contributed by atoms with Crippen molar-refractivity contribution >= 4 is 11.7 Å². The lowest BCUT2D eigenvalue weighted by atomic mass is 9.95. The Balaban J connectivity index is 1.11. The number of alkyl halides is 3. The second-order valence-corrected chi connectivity index (χ2v) is 12.9. The molecule has 2 aromatic heterocycles. The molecule has 0 bridgehead atoms. The van der Waals surface area contributed by atoms with Crippen LogP contribution in [-0.2, 0) is 43.6 Å². The van der Waals surface area contributed by atoms with Gasteiger partial charge in [0.15, 0.2) is 0 Å². The maximum atomic E-state index is 15.6. The largest absolute Gasteiger partial charge is 0.481 e. The van der Waals surface area contributed by atoms with Crippen molar-refractivity contribution < 1.29 is 41.7 Å². The van der Waals surface area contributed by atoms with Crippen LogP contribution in [0.4, 0.5) is 27.6 Å². The Hall–Kier alpha value is -4.52. The highest BCUT2D eigenvalue weighted by Gasteiger charge is 2.60. The zero-order chi connectivity index (χ0) is 32.7. The predicted octanol–water partition coefficient (Wildman–Crippen LogP) is 6.08. The quantitative estimate of drug-likeness (QED) is 0.225. The Labute approximate surface area is 260 Å². The van der Waals surface area contributed by atoms with Gasteiger partial charge in [0, 0.05) is 53.3 Å². The molecule has 0 spiro atoms. The van der Waals surface area contributed by atoms with Crippen LogP contribution in [0.25, 0.3) is 11.1 Å². The summed E-state index contributed by atoms with van der Waals surface area (Å²) in [6.07, 6.45) is -1.06. The van der Waals surface area contributed by atoms with Crippen LogP contribution < -0.4 is 9.64 Å². The van der Waals surface area contributed by atoms with Crippen molar-refractivity contribution in [2.75, 3.05) is 4.90 Å². The number of halogens is 5. The fourth-order valence-corrected chi connectivity index (χ4v) is 6.81. The molecule has 0 unspecified atom stereocenters. The fraction of sp³-hybridized carbons (Fsp3) is 0.364. The van der Waals surface area contributed by atoms with Gasteiger partial charge < -0.3 is 19.8 Å². The van der Waals surface area contributed by atoms with Gasteiger partial charge in [-0.15, -0.1) is 0 Å². The van der Waals surface area contributed by atoms with E-state index in [1.807, 2.05) is 11.1 Å². The molecule has 3 heterocycles. The Kier molecular flexibility index (Phi) is 6.89. The van der Waals surface area contributed by atoms with E-state index in [1.54, 1.807) is 24.6 Å². The van der Waals surface area contributed by atoms with Crippen molar-refractivity contribution in [1.82, 2.24) is 14.8 Å². The summed E-state index contributed by atoms with van der Waals surface area (Å²) in [5, 5.41) is 23.9. The van der Waals surface area contributed by atoms with E-state index < -0.39 is 53.0 Å². The van der Waals surface area contributed by atoms with Gasteiger partial charge in [0.1, 0.15) is 18.2 Å². The average Bonchev–Trinajstić information content (AvgIpc) is 3.18. The lowest BCUT2D eigenvalue weighted by molar-refractivity contribution is -0.139. The van der Waals surface area contributed by atoms with E-state index in [4.69, 9.17) is 4.74 Å². The third kappa shape index (κ3) is 5.46. The van der Waals surface area contributed by atoms with Crippen LogP contribution in [0.3, 0.4) is 0 Å². The molecule has 0 amide bonds. The molecule has 8 nitrogen and oxygen atoms in total. The Bertz CT molecular complexity index is 1860. The number of anilines is 1. The summed E-state index contributed by atoms with van der Waals surface area (Å²) < 4.78 is 80.0. The number of aliphatic carboxylic acids is 1. The van der Waals surface area contributed by atoms with Gasteiger partial charge in [-0.2, -0.15) is 18.3 Å². The third-order valence-corrected chi connectivity index (χ3v) is 8.92. The standard InChI is InChI=1S/C33H29F5N4O4/c1-32(2,45)15-42-12-18-11-41(13-27(18)40-42)19-3-4-20(26(35)8-19)21-6-17(25(34)9-24(21)33(36,37)38)14-46-28-7-16-5-22-29(23(16)10-39-28)30(22)31(43)44/h3-4,6-10,12,22,29-30,45H,5,11,13-15H2,1-2H3,(H,43,44)/t22-,29-,30+/m1/s1. The number of benzene rings is 2. The molecule has 13 heteroatoms. The number of nitrogens with zero attached hydrogens (tertiary/aromatic N) is 4. The summed E-state index contributed by atoms with van der Waals surface area (Å²) in [5.41, 5.74) is 0.479. The first kappa shape index (κ1) is 30.2. The van der Waals surface area contributed by atoms with Crippen LogP contribution in [0.2, 0.25) is 0 Å². The molecule has 2 aromatic carbocycles. The Morgan fingerprint density at radius 1 is 1.04 bits per heavy atom. The van der Waals surface area contributed by atoms with Crippen molar-refractivity contribution in [1.29, 1.82) is 0 Å². The number of rotatable bonds is 8. The Morgan fingerprint density at radius 3 is 2.50 bits per heavy atom. The van der Waals surface area contributed by atoms with E-state index in [2.05, 4.69) is 10.1 Å². The number of aromatic nitrogens is 3. The molecule has 3 atom stereocenters. The lowest BCUT2D eigenvalue weighted by Gasteiger charge is -2.21. The highest BCUT2D eigenvalue weighted by Crippen LogP contribution is 2.61. The number of hydrogen-bond acceptors (Lipinski definition) is 6. The molecule has 0 saturated heterocycles. The number of carboxylic acids is 1. The average molecular weight is 641 g/mol. The number of fused-ring (bicyclic) bond motifs is 4. The molecular formula is C33H29F5N4O4. The predicted molar refractivity (Wildman–Crippen MR) is 155 cm³/mol. The molecule has 4 aromatic rings. The zero-order valence-electron chi connectivity index (χ0n) is 24.8. The molecular weight excluding hydrogens is 611 g/mol. The van der Waals surface area contributed by atoms with Crippen LogP contribution in [0.1, 0.15) is 53.3 Å². The molecule has 1 saturated carbocycles. The van der Waals surface area contributed by atoms with Gasteiger partial charge >= 0.3 is 12.1 Å². The van der Waals surface area contributed by atoms with Crippen LogP contribution in [-0.4, -0.2) is 36.5 Å². The summed E-state index contributed by atoms with van der Waals surface area (Å²) in [6, 6.07) is 6.86. The number of aliphatic hydroxyl groups is 1. The third-order valence-electron chi connectivity index (χ3n) is 8.92. The van der Waals surface area contributed by atoms with Crippen LogP contribution in [0, 0.1) is 23.5 Å². The first-order valence-corrected chi connectivity index (χ1v) is 14.7. The molecule has 1 aliphatic heterocycles. The van der Waals surface area contributed by atoms with E-state index in [-0.39, 0.29) is 28.8 Å². The molecule has 2 N–H and O–H groups in total. The van der Waals surface area contributed by atoms with Gasteiger partial charge in [-0.05, 0) is 73.2 Å². The topological polar surface area (TPSA) is 101 Å². The maximum absolute atomic E-state index is 15.6. The highest BCUT2D eigenvalue weighted by molar-refractivity contribution is 5.78. The summed E-state index contributed by atoms with van der Waals surface area (Å²) in [6.45, 7) is 3.95. The lowest BCUT2D eigenvalue weighted by Crippen LogP contribution is -2.27. The van der Waals surface area contributed by atoms with Gasteiger partial charge in [-0.25, -0.2) is 13.8 Å². The maximum Gasteiger partial charge on any atom is 0.417 e. The number of hydrogen-bond donors (Lipinski definition) is 2. The number of ether oxygens (including phenoxy) is 1. The zero-order valence-corrected chi connectivity index (χ0v) is 24.8. The summed E-state index contributed by atoms with van der Waals surface area (Å²) >= 11 is 0. The molecule has 2 aliphatic carbocycles. The van der Waals surface area contributed by atoms with Crippen molar-refractivity contribution in [3.63, 3.8) is 0 Å². The summed E-state index contributed by atoms with van der Waals surface area (Å²) in [5.74, 6) is -3.28. The monoisotopic (exact) mass is 640 g/mol. The van der Waals surface area contributed by atoms with Crippen molar-refractivity contribution in [3.8, 4) is 17.0 Å². The highest BCUT2D eigenvalue weighted by atomic mass is 19.4. The van der Waals surface area contributed by atoms with Gasteiger partial charge in [0.05, 0.1) is 35.9 Å². The van der Waals surface area contributed by atoms with E-state index in [9.17, 15) is 32.6 Å². The van der Waals surface area contributed by atoms with Gasteiger partial charge in [0.2, 0.25) is 5.88 Å². The molecule has 1 fully saturated rings. The van der Waals surface area contributed by atoms with Crippen LogP contribution >= 0.6 is 0 Å².